The highest BCUT2D eigenvalue weighted by molar-refractivity contribution is 8.12. The lowest BCUT2D eigenvalue weighted by molar-refractivity contribution is -0.130. The van der Waals surface area contributed by atoms with Crippen LogP contribution in [0.25, 0.3) is 4.13 Å². The Bertz CT molecular complexity index is 613. The van der Waals surface area contributed by atoms with Gasteiger partial charge in [-0.3, -0.25) is 9.59 Å². The summed E-state index contributed by atoms with van der Waals surface area (Å²) in [6, 6.07) is 0. The molecule has 0 fully saturated rings. The molecule has 1 aliphatic heterocycles. The molecule has 2 amide bonds. The average molecular weight is 307 g/mol. The van der Waals surface area contributed by atoms with Gasteiger partial charge in [0.2, 0.25) is 0 Å². The number of imide groups is 1. The third-order valence-electron chi connectivity index (χ3n) is 1.48. The minimum absolute atomic E-state index is 0.440. The van der Waals surface area contributed by atoms with Gasteiger partial charge in [0.05, 0.1) is 0 Å². The maximum atomic E-state index is 11.9. The predicted molar refractivity (Wildman–Crippen MR) is 48.2 cm³/mol. The summed E-state index contributed by atoms with van der Waals surface area (Å²) in [7, 11) is -12.0. The Kier molecular flexibility index (Phi) is 3.27. The first kappa shape index (κ1) is 14.6. The highest BCUT2D eigenvalue weighted by atomic mass is 32.3. The molecule has 13 heteroatoms. The van der Waals surface area contributed by atoms with Crippen molar-refractivity contribution in [1.82, 2.24) is 4.31 Å². The zero-order valence-electron chi connectivity index (χ0n) is 7.95. The Morgan fingerprint density at radius 1 is 1.00 bits per heavy atom. The number of alkyl halides is 3. The molecule has 0 spiro atoms. The van der Waals surface area contributed by atoms with E-state index < -0.39 is 41.9 Å². The second-order valence-corrected chi connectivity index (χ2v) is 6.02. The van der Waals surface area contributed by atoms with Gasteiger partial charge in [0, 0.05) is 12.2 Å². The van der Waals surface area contributed by atoms with Crippen LogP contribution in [0.15, 0.2) is 12.2 Å². The summed E-state index contributed by atoms with van der Waals surface area (Å²) in [5.41, 5.74) is -5.96. The highest BCUT2D eigenvalue weighted by Crippen LogP contribution is 2.31. The van der Waals surface area contributed by atoms with E-state index in [4.69, 9.17) is 0 Å². The lowest BCUT2D eigenvalue weighted by Gasteiger charge is -2.26. The van der Waals surface area contributed by atoms with E-state index in [2.05, 4.69) is 0 Å². The van der Waals surface area contributed by atoms with E-state index in [-0.39, 0.29) is 0 Å². The maximum Gasteiger partial charge on any atom is 0.480 e. The second kappa shape index (κ2) is 4.03. The van der Waals surface area contributed by atoms with E-state index in [1.54, 1.807) is 4.13 Å². The van der Waals surface area contributed by atoms with Crippen molar-refractivity contribution in [3.63, 3.8) is 0 Å². The molecule has 0 saturated heterocycles. The van der Waals surface area contributed by atoms with E-state index >= 15 is 0 Å². The number of halogens is 3. The molecular weight excluding hydrogens is 305 g/mol. The van der Waals surface area contributed by atoms with Crippen molar-refractivity contribution in [2.24, 2.45) is 0 Å². The number of amides is 2. The van der Waals surface area contributed by atoms with Crippen LogP contribution in [0.5, 0.6) is 0 Å². The lowest BCUT2D eigenvalue weighted by atomic mass is 10.6. The number of sulfonamides is 1. The molecule has 0 radical (unpaired) electrons. The zero-order chi connectivity index (χ0) is 14.4. The molecule has 0 aromatic rings. The van der Waals surface area contributed by atoms with Crippen molar-refractivity contribution >= 4 is 32.0 Å². The number of hydrogen-bond donors (Lipinski definition) is 0. The largest absolute Gasteiger partial charge is 0.480 e. The lowest BCUT2D eigenvalue weighted by Crippen LogP contribution is -2.38. The monoisotopic (exact) mass is 307 g/mol. The van der Waals surface area contributed by atoms with Crippen molar-refractivity contribution in [2.75, 3.05) is 0 Å². The van der Waals surface area contributed by atoms with Crippen molar-refractivity contribution in [1.29, 1.82) is 0 Å². The highest BCUT2D eigenvalue weighted by Gasteiger charge is 2.42. The smallest absolute Gasteiger partial charge is 0.409 e. The normalized spacial score (nSPS) is 17.6. The molecule has 0 aliphatic carbocycles. The van der Waals surface area contributed by atoms with Gasteiger partial charge in [-0.05, 0) is 0 Å². The minimum atomic E-state index is -6.38. The Morgan fingerprint density at radius 3 is 1.72 bits per heavy atom. The third-order valence-corrected chi connectivity index (χ3v) is 4.43. The van der Waals surface area contributed by atoms with Gasteiger partial charge in [-0.1, -0.05) is 0 Å². The van der Waals surface area contributed by atoms with Crippen molar-refractivity contribution in [3.8, 4) is 0 Å². The molecule has 0 unspecified atom stereocenters. The number of hydrogen-bond acceptors (Lipinski definition) is 6. The van der Waals surface area contributed by atoms with Crippen LogP contribution in [0, 0.1) is 0 Å². The molecule has 0 saturated carbocycles. The fraction of sp³-hybridized carbons (Fsp3) is 0.200. The fourth-order valence-corrected chi connectivity index (χ4v) is 2.99. The fourth-order valence-electron chi connectivity index (χ4n) is 0.814. The maximum absolute atomic E-state index is 11.9. The van der Waals surface area contributed by atoms with Crippen LogP contribution >= 0.6 is 0 Å². The molecule has 0 aromatic heterocycles. The molecule has 1 heterocycles. The first-order valence-electron chi connectivity index (χ1n) is 3.75. The van der Waals surface area contributed by atoms with Crippen LogP contribution in [0.1, 0.15) is 0 Å². The number of carbonyl (C=O) groups excluding carboxylic acids is 2. The van der Waals surface area contributed by atoms with Gasteiger partial charge >= 0.3 is 5.51 Å². The summed E-state index contributed by atoms with van der Waals surface area (Å²) in [6.45, 7) is 0. The summed E-state index contributed by atoms with van der Waals surface area (Å²) >= 11 is 0. The van der Waals surface area contributed by atoms with E-state index in [1.807, 2.05) is 0 Å². The first-order chi connectivity index (χ1) is 7.88. The summed E-state index contributed by atoms with van der Waals surface area (Å²) in [5, 5.41) is 0. The summed E-state index contributed by atoms with van der Waals surface area (Å²) in [4.78, 5) is 21.7. The number of carbonyl (C=O) groups is 2. The van der Waals surface area contributed by atoms with Gasteiger partial charge < -0.3 is 4.13 Å². The Labute approximate surface area is 98.3 Å². The molecule has 0 aromatic carbocycles. The summed E-state index contributed by atoms with van der Waals surface area (Å²) in [6.07, 6.45) is 0.880. The van der Waals surface area contributed by atoms with Gasteiger partial charge in [0.25, 0.3) is 11.8 Å². The topological polar surface area (TPSA) is 120 Å². The molecule has 1 aliphatic rings. The van der Waals surface area contributed by atoms with Crippen LogP contribution in [0.3, 0.4) is 0 Å². The quantitative estimate of drug-likeness (QED) is 0.641. The van der Waals surface area contributed by atoms with Gasteiger partial charge in [-0.15, -0.1) is 0 Å². The van der Waals surface area contributed by atoms with Gasteiger partial charge in [0.15, 0.2) is 20.2 Å². The van der Waals surface area contributed by atoms with Crippen molar-refractivity contribution in [3.05, 3.63) is 16.3 Å². The van der Waals surface area contributed by atoms with E-state index in [9.17, 15) is 39.6 Å². The molecule has 0 atom stereocenters. The molecule has 18 heavy (non-hydrogen) atoms. The van der Waals surface area contributed by atoms with Crippen LogP contribution in [-0.2, 0) is 29.8 Å². The summed E-state index contributed by atoms with van der Waals surface area (Å²) < 4.78 is 79.8. The molecule has 0 bridgehead atoms. The van der Waals surface area contributed by atoms with Crippen molar-refractivity contribution < 1.29 is 39.6 Å². The SMILES string of the molecule is O=C1C=CC(=O)N1S(=O)(=O)[N-]S(=O)(=O)C(F)(F)F. The minimum Gasteiger partial charge on any atom is -0.409 e. The van der Waals surface area contributed by atoms with E-state index in [0.717, 1.165) is 0 Å². The molecule has 1 rings (SSSR count). The Morgan fingerprint density at radius 2 is 1.39 bits per heavy atom. The second-order valence-electron chi connectivity index (χ2n) is 2.75. The van der Waals surface area contributed by atoms with Crippen LogP contribution in [-0.4, -0.2) is 38.5 Å². The standard InChI is InChI=1S/C5H2F3N2O6S2/c6-5(7,8)17(13,14)9-18(15,16)10-3(11)1-2-4(10)12/h1-2H/q-1. The third kappa shape index (κ3) is 2.51. The number of nitrogens with zero attached hydrogens (tertiary/aromatic N) is 2. The molecular formula is C5H2F3N2O6S2-. The van der Waals surface area contributed by atoms with Crippen LogP contribution in [0.4, 0.5) is 13.2 Å². The zero-order valence-corrected chi connectivity index (χ0v) is 9.58. The van der Waals surface area contributed by atoms with E-state index in [1.165, 1.54) is 0 Å². The van der Waals surface area contributed by atoms with Gasteiger partial charge in [0.1, 0.15) is 0 Å². The van der Waals surface area contributed by atoms with Crippen LogP contribution in [0.2, 0.25) is 0 Å². The molecule has 0 N–H and O–H groups in total. The van der Waals surface area contributed by atoms with Crippen LogP contribution < -0.4 is 0 Å². The number of rotatable bonds is 3. The Balaban J connectivity index is 3.13. The molecule has 8 nitrogen and oxygen atoms in total. The van der Waals surface area contributed by atoms with E-state index in [0.29, 0.717) is 12.2 Å². The first-order valence-corrected chi connectivity index (χ1v) is 6.59. The van der Waals surface area contributed by atoms with Gasteiger partial charge in [-0.2, -0.15) is 17.5 Å². The Hall–Kier alpha value is -1.47. The average Bonchev–Trinajstić information content (AvgIpc) is 2.42. The summed E-state index contributed by atoms with van der Waals surface area (Å²) in [5.74, 6) is -3.03. The predicted octanol–water partition coefficient (Wildman–Crippen LogP) is -0.620. The van der Waals surface area contributed by atoms with Gasteiger partial charge in [-0.25, -0.2) is 16.8 Å². The van der Waals surface area contributed by atoms with Crippen molar-refractivity contribution in [2.45, 2.75) is 5.51 Å². The molecule has 102 valence electrons.